The molecule has 0 aliphatic carbocycles. The Balaban J connectivity index is 2.28. The van der Waals surface area contributed by atoms with E-state index in [4.69, 9.17) is 10.5 Å². The van der Waals surface area contributed by atoms with Crippen LogP contribution in [0.25, 0.3) is 0 Å². The maximum Gasteiger partial charge on any atom is 0.258 e. The molecule has 0 spiro atoms. The van der Waals surface area contributed by atoms with Crippen LogP contribution in [-0.4, -0.2) is 30.1 Å². The Hall–Kier alpha value is -3.11. The first kappa shape index (κ1) is 20.6. The van der Waals surface area contributed by atoms with Crippen molar-refractivity contribution in [3.05, 3.63) is 74.8 Å². The van der Waals surface area contributed by atoms with Crippen LogP contribution in [0.15, 0.2) is 46.6 Å². The number of aryl methyl sites for hydroxylation is 1. The number of nitriles is 1. The standard InChI is InChI=1S/C22H25FN4O2/c1-4-7-14-12-18-20(22(28)27(14)11-10-26(2)3)19(16(13-24)21(25)29-18)15-8-5-6-9-17(15)23/h5-6,8-9,12,19H,4,7,10-11,25H2,1-3H3. The smallest absolute Gasteiger partial charge is 0.258 e. The Morgan fingerprint density at radius 1 is 1.34 bits per heavy atom. The lowest BCUT2D eigenvalue weighted by Gasteiger charge is -2.28. The van der Waals surface area contributed by atoms with Gasteiger partial charge in [0.1, 0.15) is 23.2 Å². The zero-order valence-electron chi connectivity index (χ0n) is 16.9. The second-order valence-electron chi connectivity index (χ2n) is 7.37. The summed E-state index contributed by atoms with van der Waals surface area (Å²) in [6.45, 7) is 3.19. The number of hydrogen-bond acceptors (Lipinski definition) is 5. The van der Waals surface area contributed by atoms with Crippen molar-refractivity contribution in [3.8, 4) is 11.8 Å². The van der Waals surface area contributed by atoms with Gasteiger partial charge < -0.3 is 19.9 Å². The molecule has 29 heavy (non-hydrogen) atoms. The van der Waals surface area contributed by atoms with Crippen LogP contribution < -0.4 is 16.0 Å². The van der Waals surface area contributed by atoms with Gasteiger partial charge in [0, 0.05) is 30.4 Å². The number of aromatic nitrogens is 1. The monoisotopic (exact) mass is 396 g/mol. The van der Waals surface area contributed by atoms with Crippen LogP contribution in [0.1, 0.15) is 36.1 Å². The molecule has 0 radical (unpaired) electrons. The van der Waals surface area contributed by atoms with Gasteiger partial charge in [-0.3, -0.25) is 4.79 Å². The molecule has 1 aromatic heterocycles. The number of fused-ring (bicyclic) bond motifs is 1. The number of halogens is 1. The molecule has 1 atom stereocenters. The summed E-state index contributed by atoms with van der Waals surface area (Å²) in [4.78, 5) is 15.5. The number of hydrogen-bond donors (Lipinski definition) is 1. The maximum atomic E-state index is 14.7. The Morgan fingerprint density at radius 3 is 2.69 bits per heavy atom. The van der Waals surface area contributed by atoms with Crippen LogP contribution in [0.3, 0.4) is 0 Å². The number of rotatable bonds is 6. The van der Waals surface area contributed by atoms with E-state index in [1.54, 1.807) is 28.8 Å². The fourth-order valence-electron chi connectivity index (χ4n) is 3.65. The van der Waals surface area contributed by atoms with Gasteiger partial charge in [0.25, 0.3) is 5.56 Å². The largest absolute Gasteiger partial charge is 0.440 e. The highest BCUT2D eigenvalue weighted by Gasteiger charge is 2.35. The minimum absolute atomic E-state index is 0.0436. The average Bonchev–Trinajstić information content (AvgIpc) is 2.67. The second kappa shape index (κ2) is 8.50. The fraction of sp³-hybridized carbons (Fsp3) is 0.364. The second-order valence-corrected chi connectivity index (χ2v) is 7.37. The molecule has 7 heteroatoms. The van der Waals surface area contributed by atoms with Crippen LogP contribution in [0.2, 0.25) is 0 Å². The highest BCUT2D eigenvalue weighted by atomic mass is 19.1. The Labute approximate surface area is 169 Å². The summed E-state index contributed by atoms with van der Waals surface area (Å²) in [7, 11) is 3.87. The molecular weight excluding hydrogens is 371 g/mol. The van der Waals surface area contributed by atoms with Gasteiger partial charge in [0.05, 0.1) is 11.5 Å². The van der Waals surface area contributed by atoms with Crippen LogP contribution in [-0.2, 0) is 13.0 Å². The fourth-order valence-corrected chi connectivity index (χ4v) is 3.65. The van der Waals surface area contributed by atoms with Crippen LogP contribution in [0, 0.1) is 17.1 Å². The first-order chi connectivity index (χ1) is 13.9. The van der Waals surface area contributed by atoms with Crippen molar-refractivity contribution in [1.82, 2.24) is 9.47 Å². The van der Waals surface area contributed by atoms with Gasteiger partial charge in [0.2, 0.25) is 5.88 Å². The summed E-state index contributed by atoms with van der Waals surface area (Å²) in [5, 5.41) is 9.68. The molecule has 0 saturated carbocycles. The molecule has 1 aliphatic heterocycles. The molecule has 0 saturated heterocycles. The van der Waals surface area contributed by atoms with Gasteiger partial charge in [-0.15, -0.1) is 0 Å². The Bertz CT molecular complexity index is 1050. The lowest BCUT2D eigenvalue weighted by atomic mass is 9.83. The molecule has 0 bridgehead atoms. The lowest BCUT2D eigenvalue weighted by Crippen LogP contribution is -2.35. The molecule has 6 nitrogen and oxygen atoms in total. The lowest BCUT2D eigenvalue weighted by molar-refractivity contribution is 0.366. The quantitative estimate of drug-likeness (QED) is 0.812. The number of ether oxygens (including phenoxy) is 1. The van der Waals surface area contributed by atoms with Gasteiger partial charge >= 0.3 is 0 Å². The summed E-state index contributed by atoms with van der Waals surface area (Å²) < 4.78 is 22.0. The molecule has 0 amide bonds. The maximum absolute atomic E-state index is 14.7. The summed E-state index contributed by atoms with van der Waals surface area (Å²) in [6, 6.07) is 9.94. The van der Waals surface area contributed by atoms with E-state index in [0.717, 1.165) is 12.1 Å². The van der Waals surface area contributed by atoms with E-state index in [0.29, 0.717) is 25.3 Å². The van der Waals surface area contributed by atoms with Gasteiger partial charge in [0.15, 0.2) is 0 Å². The van der Waals surface area contributed by atoms with Crippen molar-refractivity contribution in [2.45, 2.75) is 32.2 Å². The van der Waals surface area contributed by atoms with E-state index in [9.17, 15) is 14.4 Å². The van der Waals surface area contributed by atoms with Gasteiger partial charge in [-0.25, -0.2) is 4.39 Å². The molecule has 1 aromatic carbocycles. The minimum atomic E-state index is -0.904. The zero-order chi connectivity index (χ0) is 21.1. The molecule has 2 heterocycles. The first-order valence-corrected chi connectivity index (χ1v) is 9.62. The number of allylic oxidation sites excluding steroid dienone is 1. The van der Waals surface area contributed by atoms with Crippen molar-refractivity contribution in [2.75, 3.05) is 20.6 Å². The van der Waals surface area contributed by atoms with Gasteiger partial charge in [-0.2, -0.15) is 5.26 Å². The van der Waals surface area contributed by atoms with Gasteiger partial charge in [-0.1, -0.05) is 31.5 Å². The van der Waals surface area contributed by atoms with Crippen LogP contribution >= 0.6 is 0 Å². The summed E-state index contributed by atoms with van der Waals surface area (Å²) in [6.07, 6.45) is 1.55. The van der Waals surface area contributed by atoms with Crippen molar-refractivity contribution in [3.63, 3.8) is 0 Å². The van der Waals surface area contributed by atoms with Gasteiger partial charge in [-0.05, 0) is 26.6 Å². The predicted molar refractivity (Wildman–Crippen MR) is 109 cm³/mol. The van der Waals surface area contributed by atoms with E-state index in [-0.39, 0.29) is 28.1 Å². The number of nitrogens with two attached hydrogens (primary N) is 1. The van der Waals surface area contributed by atoms with Crippen LogP contribution in [0.5, 0.6) is 5.75 Å². The Kier molecular flexibility index (Phi) is 6.04. The average molecular weight is 396 g/mol. The zero-order valence-corrected chi connectivity index (χ0v) is 16.9. The molecule has 2 aromatic rings. The summed E-state index contributed by atoms with van der Waals surface area (Å²) in [5.74, 6) is -1.20. The Morgan fingerprint density at radius 2 is 2.07 bits per heavy atom. The highest BCUT2D eigenvalue weighted by Crippen LogP contribution is 2.41. The molecule has 1 unspecified atom stereocenters. The third kappa shape index (κ3) is 3.89. The van der Waals surface area contributed by atoms with E-state index in [2.05, 4.69) is 0 Å². The van der Waals surface area contributed by atoms with E-state index < -0.39 is 11.7 Å². The summed E-state index contributed by atoms with van der Waals surface area (Å²) in [5.41, 5.74) is 7.07. The number of benzene rings is 1. The topological polar surface area (TPSA) is 84.3 Å². The summed E-state index contributed by atoms with van der Waals surface area (Å²) >= 11 is 0. The number of nitrogens with zero attached hydrogens (tertiary/aromatic N) is 3. The van der Waals surface area contributed by atoms with Crippen molar-refractivity contribution >= 4 is 0 Å². The van der Waals surface area contributed by atoms with Crippen molar-refractivity contribution in [2.24, 2.45) is 5.73 Å². The van der Waals surface area contributed by atoms with E-state index in [1.807, 2.05) is 32.0 Å². The molecule has 1 aliphatic rings. The molecular formula is C22H25FN4O2. The van der Waals surface area contributed by atoms with Crippen LogP contribution in [0.4, 0.5) is 4.39 Å². The van der Waals surface area contributed by atoms with Crippen molar-refractivity contribution < 1.29 is 9.13 Å². The van der Waals surface area contributed by atoms with E-state index in [1.165, 1.54) is 6.07 Å². The van der Waals surface area contributed by atoms with Crippen molar-refractivity contribution in [1.29, 1.82) is 5.26 Å². The molecule has 3 rings (SSSR count). The third-order valence-electron chi connectivity index (χ3n) is 5.06. The molecule has 2 N–H and O–H groups in total. The normalized spacial score (nSPS) is 15.8. The minimum Gasteiger partial charge on any atom is -0.440 e. The molecule has 152 valence electrons. The first-order valence-electron chi connectivity index (χ1n) is 9.62. The molecule has 0 fully saturated rings. The highest BCUT2D eigenvalue weighted by molar-refractivity contribution is 5.55. The number of likely N-dealkylation sites (N-methyl/N-ethyl adjacent to an activating group) is 1. The SMILES string of the molecule is CCCc1cc2c(c(=O)n1CCN(C)C)C(c1ccccc1F)C(C#N)=C(N)O2. The predicted octanol–water partition coefficient (Wildman–Crippen LogP) is 2.72. The third-order valence-corrected chi connectivity index (χ3v) is 5.06. The van der Waals surface area contributed by atoms with E-state index >= 15 is 0 Å². The number of pyridine rings is 1.